The van der Waals surface area contributed by atoms with E-state index in [1.165, 1.54) is 30.6 Å². The van der Waals surface area contributed by atoms with Crippen molar-refractivity contribution in [3.8, 4) is 5.75 Å². The first kappa shape index (κ1) is 17.8. The molecule has 6 nitrogen and oxygen atoms in total. The van der Waals surface area contributed by atoms with Crippen molar-refractivity contribution in [1.82, 2.24) is 5.32 Å². The Morgan fingerprint density at radius 2 is 1.67 bits per heavy atom. The van der Waals surface area contributed by atoms with Crippen molar-refractivity contribution in [2.24, 2.45) is 0 Å². The highest BCUT2D eigenvalue weighted by Gasteiger charge is 2.21. The summed E-state index contributed by atoms with van der Waals surface area (Å²) in [5.74, 6) is 0.396. The fourth-order valence-corrected chi connectivity index (χ4v) is 3.33. The molecule has 0 atom stereocenters. The lowest BCUT2D eigenvalue weighted by molar-refractivity contribution is 0.0956. The summed E-state index contributed by atoms with van der Waals surface area (Å²) in [6, 6.07) is 12.6. The first-order valence-corrected chi connectivity index (χ1v) is 8.85. The zero-order valence-corrected chi connectivity index (χ0v) is 14.6. The van der Waals surface area contributed by atoms with Gasteiger partial charge in [0.05, 0.1) is 17.7 Å². The van der Waals surface area contributed by atoms with E-state index >= 15 is 0 Å². The van der Waals surface area contributed by atoms with Crippen LogP contribution < -0.4 is 14.4 Å². The van der Waals surface area contributed by atoms with Crippen molar-refractivity contribution in [3.05, 3.63) is 54.1 Å². The summed E-state index contributed by atoms with van der Waals surface area (Å²) in [4.78, 5) is 11.9. The van der Waals surface area contributed by atoms with Crippen molar-refractivity contribution in [2.75, 3.05) is 25.0 Å². The summed E-state index contributed by atoms with van der Waals surface area (Å²) in [5.41, 5.74) is 0.953. The molecule has 0 aliphatic carbocycles. The normalized spacial score (nSPS) is 11.0. The molecule has 0 aromatic heterocycles. The lowest BCUT2D eigenvalue weighted by atomic mass is 10.2. The van der Waals surface area contributed by atoms with Gasteiger partial charge in [-0.15, -0.1) is 0 Å². The second-order valence-corrected chi connectivity index (χ2v) is 7.02. The molecule has 2 aromatic carbocycles. The van der Waals surface area contributed by atoms with E-state index in [2.05, 4.69) is 5.32 Å². The molecule has 0 radical (unpaired) electrons. The summed E-state index contributed by atoms with van der Waals surface area (Å²) in [7, 11) is -0.690. The SMILES string of the molecule is CCNC(=O)c1ccc(N(C)S(=O)(=O)c2ccc(OC)cc2)cc1. The Hall–Kier alpha value is -2.54. The van der Waals surface area contributed by atoms with Crippen LogP contribution in [0.15, 0.2) is 53.4 Å². The molecule has 0 spiro atoms. The molecule has 128 valence electrons. The van der Waals surface area contributed by atoms with E-state index in [-0.39, 0.29) is 10.8 Å². The largest absolute Gasteiger partial charge is 0.497 e. The van der Waals surface area contributed by atoms with E-state index < -0.39 is 10.0 Å². The van der Waals surface area contributed by atoms with Crippen molar-refractivity contribution in [1.29, 1.82) is 0 Å². The van der Waals surface area contributed by atoms with Crippen LogP contribution in [-0.4, -0.2) is 35.0 Å². The molecule has 24 heavy (non-hydrogen) atoms. The van der Waals surface area contributed by atoms with Gasteiger partial charge in [-0.05, 0) is 55.5 Å². The van der Waals surface area contributed by atoms with Crippen LogP contribution in [0.3, 0.4) is 0 Å². The van der Waals surface area contributed by atoms with Gasteiger partial charge in [-0.2, -0.15) is 0 Å². The van der Waals surface area contributed by atoms with Gasteiger partial charge in [0.2, 0.25) is 0 Å². The van der Waals surface area contributed by atoms with Crippen LogP contribution in [0.25, 0.3) is 0 Å². The smallest absolute Gasteiger partial charge is 0.264 e. The Morgan fingerprint density at radius 1 is 1.08 bits per heavy atom. The van der Waals surface area contributed by atoms with Crippen LogP contribution >= 0.6 is 0 Å². The number of carbonyl (C=O) groups is 1. The third-order valence-corrected chi connectivity index (χ3v) is 5.35. The standard InChI is InChI=1S/C17H20N2O4S/c1-4-18-17(20)13-5-7-14(8-6-13)19(2)24(21,22)16-11-9-15(23-3)10-12-16/h5-12H,4H2,1-3H3,(H,18,20). The Balaban J connectivity index is 2.25. The highest BCUT2D eigenvalue weighted by Crippen LogP contribution is 2.24. The van der Waals surface area contributed by atoms with Gasteiger partial charge < -0.3 is 10.1 Å². The summed E-state index contributed by atoms with van der Waals surface area (Å²) >= 11 is 0. The highest BCUT2D eigenvalue weighted by molar-refractivity contribution is 7.92. The number of anilines is 1. The summed E-state index contributed by atoms with van der Waals surface area (Å²) in [5, 5.41) is 2.69. The first-order valence-electron chi connectivity index (χ1n) is 7.41. The molecule has 0 aliphatic heterocycles. The molecule has 1 N–H and O–H groups in total. The van der Waals surface area contributed by atoms with Crippen LogP contribution in [0.5, 0.6) is 5.75 Å². The third kappa shape index (κ3) is 3.68. The van der Waals surface area contributed by atoms with Gasteiger partial charge in [0, 0.05) is 19.2 Å². The minimum Gasteiger partial charge on any atom is -0.497 e. The molecule has 7 heteroatoms. The minimum atomic E-state index is -3.68. The maximum absolute atomic E-state index is 12.7. The summed E-state index contributed by atoms with van der Waals surface area (Å²) < 4.78 is 31.5. The fraction of sp³-hybridized carbons (Fsp3) is 0.235. The molecule has 0 fully saturated rings. The number of carbonyl (C=O) groups excluding carboxylic acids is 1. The number of hydrogen-bond donors (Lipinski definition) is 1. The Morgan fingerprint density at radius 3 is 2.17 bits per heavy atom. The Kier molecular flexibility index (Phi) is 5.46. The molecular formula is C17H20N2O4S. The molecule has 0 heterocycles. The van der Waals surface area contributed by atoms with Gasteiger partial charge in [-0.3, -0.25) is 9.10 Å². The lowest BCUT2D eigenvalue weighted by Gasteiger charge is -2.20. The van der Waals surface area contributed by atoms with Gasteiger partial charge in [-0.1, -0.05) is 0 Å². The molecule has 0 saturated carbocycles. The average Bonchev–Trinajstić information content (AvgIpc) is 2.61. The average molecular weight is 348 g/mol. The number of nitrogens with zero attached hydrogens (tertiary/aromatic N) is 1. The monoisotopic (exact) mass is 348 g/mol. The maximum Gasteiger partial charge on any atom is 0.264 e. The fourth-order valence-electron chi connectivity index (χ4n) is 2.13. The number of methoxy groups -OCH3 is 1. The van der Waals surface area contributed by atoms with Gasteiger partial charge in [0.25, 0.3) is 15.9 Å². The topological polar surface area (TPSA) is 75.7 Å². The van der Waals surface area contributed by atoms with Gasteiger partial charge in [0.15, 0.2) is 0 Å². The number of ether oxygens (including phenoxy) is 1. The molecule has 0 unspecified atom stereocenters. The van der Waals surface area contributed by atoms with E-state index in [0.717, 1.165) is 0 Å². The van der Waals surface area contributed by atoms with Crippen molar-refractivity contribution < 1.29 is 17.9 Å². The van der Waals surface area contributed by atoms with E-state index in [1.807, 2.05) is 6.92 Å². The predicted molar refractivity (Wildman–Crippen MR) is 93.0 cm³/mol. The number of amides is 1. The van der Waals surface area contributed by atoms with E-state index in [4.69, 9.17) is 4.74 Å². The van der Waals surface area contributed by atoms with Crippen LogP contribution in [0.1, 0.15) is 17.3 Å². The summed E-state index contributed by atoms with van der Waals surface area (Å²) in [6.45, 7) is 2.37. The number of rotatable bonds is 6. The zero-order chi connectivity index (χ0) is 17.7. The first-order chi connectivity index (χ1) is 11.4. The van der Waals surface area contributed by atoms with Crippen LogP contribution in [-0.2, 0) is 10.0 Å². The molecule has 0 saturated heterocycles. The molecule has 0 aliphatic rings. The summed E-state index contributed by atoms with van der Waals surface area (Å²) in [6.07, 6.45) is 0. The van der Waals surface area contributed by atoms with Crippen molar-refractivity contribution in [2.45, 2.75) is 11.8 Å². The highest BCUT2D eigenvalue weighted by atomic mass is 32.2. The van der Waals surface area contributed by atoms with Crippen LogP contribution in [0, 0.1) is 0 Å². The third-order valence-electron chi connectivity index (χ3n) is 3.55. The van der Waals surface area contributed by atoms with Gasteiger partial charge >= 0.3 is 0 Å². The van der Waals surface area contributed by atoms with Gasteiger partial charge in [-0.25, -0.2) is 8.42 Å². The number of sulfonamides is 1. The second-order valence-electron chi connectivity index (χ2n) is 5.05. The van der Waals surface area contributed by atoms with Crippen molar-refractivity contribution >= 4 is 21.6 Å². The van der Waals surface area contributed by atoms with Crippen LogP contribution in [0.4, 0.5) is 5.69 Å². The molecule has 1 amide bonds. The number of hydrogen-bond acceptors (Lipinski definition) is 4. The maximum atomic E-state index is 12.7. The van der Waals surface area contributed by atoms with Crippen LogP contribution in [0.2, 0.25) is 0 Å². The lowest BCUT2D eigenvalue weighted by Crippen LogP contribution is -2.27. The number of nitrogens with one attached hydrogen (secondary N) is 1. The molecule has 2 aromatic rings. The van der Waals surface area contributed by atoms with Crippen molar-refractivity contribution in [3.63, 3.8) is 0 Å². The minimum absolute atomic E-state index is 0.165. The van der Waals surface area contributed by atoms with E-state index in [0.29, 0.717) is 23.5 Å². The molecule has 2 rings (SSSR count). The number of benzene rings is 2. The Bertz CT molecular complexity index is 799. The molecular weight excluding hydrogens is 328 g/mol. The Labute approximate surface area is 142 Å². The van der Waals surface area contributed by atoms with Gasteiger partial charge in [0.1, 0.15) is 5.75 Å². The zero-order valence-electron chi connectivity index (χ0n) is 13.8. The van der Waals surface area contributed by atoms with E-state index in [1.54, 1.807) is 36.4 Å². The molecule has 0 bridgehead atoms. The quantitative estimate of drug-likeness (QED) is 0.869. The second kappa shape index (κ2) is 7.35. The van der Waals surface area contributed by atoms with E-state index in [9.17, 15) is 13.2 Å². The predicted octanol–water partition coefficient (Wildman–Crippen LogP) is 2.27.